The smallest absolute Gasteiger partial charge is 0.408 e. The van der Waals surface area contributed by atoms with E-state index < -0.39 is 65.3 Å². The van der Waals surface area contributed by atoms with Crippen molar-refractivity contribution < 1.29 is 38.2 Å². The third-order valence-electron chi connectivity index (χ3n) is 8.60. The van der Waals surface area contributed by atoms with Gasteiger partial charge in [-0.1, -0.05) is 87.9 Å². The van der Waals surface area contributed by atoms with E-state index in [4.69, 9.17) is 9.47 Å². The lowest BCUT2D eigenvalue weighted by Gasteiger charge is -2.28. The Bertz CT molecular complexity index is 1590. The van der Waals surface area contributed by atoms with E-state index in [9.17, 15) is 28.8 Å². The summed E-state index contributed by atoms with van der Waals surface area (Å²) >= 11 is 0. The Labute approximate surface area is 345 Å². The van der Waals surface area contributed by atoms with Crippen molar-refractivity contribution in [3.05, 3.63) is 71.8 Å². The summed E-state index contributed by atoms with van der Waals surface area (Å²) in [6, 6.07) is 14.1. The minimum Gasteiger partial charge on any atom is -0.444 e. The first-order valence-electron chi connectivity index (χ1n) is 20.5. The molecule has 0 aromatic heterocycles. The zero-order valence-electron chi connectivity index (χ0n) is 36.0. The predicted octanol–water partition coefficient (Wildman–Crippen LogP) is 5.48. The summed E-state index contributed by atoms with van der Waals surface area (Å²) in [5.41, 5.74) is 0.101. The highest BCUT2D eigenvalue weighted by Gasteiger charge is 2.33. The van der Waals surface area contributed by atoms with E-state index in [1.165, 1.54) is 0 Å². The molecule has 6 N–H and O–H groups in total. The second-order valence-corrected chi connectivity index (χ2v) is 17.0. The molecule has 2 aromatic carbocycles. The Kier molecular flexibility index (Phi) is 20.8. The Morgan fingerprint density at radius 1 is 0.534 bits per heavy atom. The summed E-state index contributed by atoms with van der Waals surface area (Å²) < 4.78 is 10.7. The molecule has 4 atom stereocenters. The van der Waals surface area contributed by atoms with Crippen LogP contribution in [-0.2, 0) is 41.5 Å². The molecule has 0 unspecified atom stereocenters. The van der Waals surface area contributed by atoms with Crippen molar-refractivity contribution in [3.63, 3.8) is 0 Å². The van der Waals surface area contributed by atoms with Crippen LogP contribution in [0.5, 0.6) is 0 Å². The number of amides is 6. The van der Waals surface area contributed by atoms with Crippen LogP contribution in [0.15, 0.2) is 60.7 Å². The van der Waals surface area contributed by atoms with E-state index >= 15 is 0 Å². The molecule has 2 rings (SSSR count). The van der Waals surface area contributed by atoms with Crippen LogP contribution in [0.1, 0.15) is 112 Å². The van der Waals surface area contributed by atoms with E-state index in [1.807, 2.05) is 81.4 Å². The molecule has 2 aromatic rings. The molecule has 0 aliphatic carbocycles. The Hall–Kier alpha value is -5.14. The van der Waals surface area contributed by atoms with Gasteiger partial charge in [-0.2, -0.15) is 0 Å². The standard InChI is InChI=1S/C44H68N6O8/c1-10-11-25-45-37(51)33(24-18-19-26-46-41(55)57-43(4,5)6)47-38(52)34(27-30(2)3)48-39(53)35(28-31-20-14-12-15-21-31)49-40(54)36(29-32-22-16-13-17-23-32)50-42(56)58-44(7,8)9/h12-17,20-23,30,33-36H,10-11,18-19,24-29H2,1-9H3,(H,45,51)(H,46,55)(H,47,52)(H,48,53)(H,49,54)(H,50,56)/t33-,34-,35-,36-/m1/s1. The lowest BCUT2D eigenvalue weighted by atomic mass is 9.99. The zero-order valence-corrected chi connectivity index (χ0v) is 36.0. The fraction of sp³-hybridized carbons (Fsp3) is 0.591. The molecule has 0 fully saturated rings. The van der Waals surface area contributed by atoms with E-state index in [0.29, 0.717) is 32.4 Å². The van der Waals surface area contributed by atoms with Gasteiger partial charge in [-0.05, 0) is 90.7 Å². The van der Waals surface area contributed by atoms with Crippen molar-refractivity contribution in [2.45, 2.75) is 149 Å². The van der Waals surface area contributed by atoms with E-state index in [-0.39, 0.29) is 31.1 Å². The number of carbonyl (C=O) groups excluding carboxylic acids is 6. The average Bonchev–Trinajstić information content (AvgIpc) is 3.12. The predicted molar refractivity (Wildman–Crippen MR) is 225 cm³/mol. The van der Waals surface area contributed by atoms with Crippen molar-refractivity contribution in [3.8, 4) is 0 Å². The molecular weight excluding hydrogens is 741 g/mol. The maximum atomic E-state index is 14.2. The third-order valence-corrected chi connectivity index (χ3v) is 8.60. The highest BCUT2D eigenvalue weighted by Crippen LogP contribution is 2.13. The normalized spacial score (nSPS) is 13.6. The van der Waals surface area contributed by atoms with Crippen molar-refractivity contribution in [1.29, 1.82) is 0 Å². The van der Waals surface area contributed by atoms with Crippen molar-refractivity contribution in [1.82, 2.24) is 31.9 Å². The molecular formula is C44H68N6O8. The number of unbranched alkanes of at least 4 members (excludes halogenated alkanes) is 2. The second-order valence-electron chi connectivity index (χ2n) is 17.0. The van der Waals surface area contributed by atoms with Gasteiger partial charge in [0.25, 0.3) is 0 Å². The molecule has 0 aliphatic heterocycles. The molecule has 322 valence electrons. The Balaban J connectivity index is 2.31. The van der Waals surface area contributed by atoms with Gasteiger partial charge >= 0.3 is 12.2 Å². The van der Waals surface area contributed by atoms with Crippen LogP contribution in [0.25, 0.3) is 0 Å². The summed E-state index contributed by atoms with van der Waals surface area (Å²) in [6.45, 7) is 17.1. The number of hydrogen-bond acceptors (Lipinski definition) is 8. The highest BCUT2D eigenvalue weighted by atomic mass is 16.6. The van der Waals surface area contributed by atoms with Gasteiger partial charge in [-0.15, -0.1) is 0 Å². The number of rotatable bonds is 22. The molecule has 58 heavy (non-hydrogen) atoms. The molecule has 0 saturated heterocycles. The number of nitrogens with one attached hydrogen (secondary N) is 6. The number of carbonyl (C=O) groups is 6. The maximum Gasteiger partial charge on any atom is 0.408 e. The van der Waals surface area contributed by atoms with Crippen LogP contribution in [-0.4, -0.2) is 84.3 Å². The van der Waals surface area contributed by atoms with E-state index in [0.717, 1.165) is 24.0 Å². The van der Waals surface area contributed by atoms with Crippen LogP contribution in [0.2, 0.25) is 0 Å². The van der Waals surface area contributed by atoms with Gasteiger partial charge in [0.1, 0.15) is 35.4 Å². The first-order chi connectivity index (χ1) is 27.3. The van der Waals surface area contributed by atoms with Crippen molar-refractivity contribution in [2.24, 2.45) is 5.92 Å². The number of alkyl carbamates (subject to hydrolysis) is 2. The zero-order chi connectivity index (χ0) is 43.3. The molecule has 0 bridgehead atoms. The van der Waals surface area contributed by atoms with Gasteiger partial charge in [-0.25, -0.2) is 9.59 Å². The largest absolute Gasteiger partial charge is 0.444 e. The minimum atomic E-state index is -1.14. The summed E-state index contributed by atoms with van der Waals surface area (Å²) in [4.78, 5) is 80.5. The van der Waals surface area contributed by atoms with Gasteiger partial charge in [0.2, 0.25) is 23.6 Å². The number of benzene rings is 2. The SMILES string of the molecule is CCCCNC(=O)[C@@H](CCCCNC(=O)OC(C)(C)C)NC(=O)[C@@H](CC(C)C)NC(=O)[C@@H](Cc1ccccc1)NC(=O)[C@@H](Cc1ccccc1)NC(=O)OC(C)(C)C. The summed E-state index contributed by atoms with van der Waals surface area (Å²) in [6.07, 6.45) is 2.15. The molecule has 0 spiro atoms. The van der Waals surface area contributed by atoms with Crippen LogP contribution in [0.3, 0.4) is 0 Å². The highest BCUT2D eigenvalue weighted by molar-refractivity contribution is 5.95. The summed E-state index contributed by atoms with van der Waals surface area (Å²) in [7, 11) is 0. The molecule has 14 heteroatoms. The average molecular weight is 809 g/mol. The van der Waals surface area contributed by atoms with Gasteiger partial charge in [-0.3, -0.25) is 19.2 Å². The molecule has 6 amide bonds. The van der Waals surface area contributed by atoms with Gasteiger partial charge in [0, 0.05) is 25.9 Å². The van der Waals surface area contributed by atoms with Crippen LogP contribution >= 0.6 is 0 Å². The van der Waals surface area contributed by atoms with E-state index in [1.54, 1.807) is 41.5 Å². The first kappa shape index (κ1) is 49.0. The van der Waals surface area contributed by atoms with Crippen LogP contribution in [0.4, 0.5) is 9.59 Å². The Morgan fingerprint density at radius 2 is 0.983 bits per heavy atom. The van der Waals surface area contributed by atoms with Crippen LogP contribution in [0, 0.1) is 5.92 Å². The number of hydrogen-bond donors (Lipinski definition) is 6. The molecule has 14 nitrogen and oxygen atoms in total. The summed E-state index contributed by atoms with van der Waals surface area (Å²) in [5, 5.41) is 16.9. The Morgan fingerprint density at radius 3 is 1.48 bits per heavy atom. The first-order valence-corrected chi connectivity index (χ1v) is 20.5. The van der Waals surface area contributed by atoms with Crippen molar-refractivity contribution in [2.75, 3.05) is 13.1 Å². The lowest BCUT2D eigenvalue weighted by molar-refractivity contribution is -0.134. The van der Waals surface area contributed by atoms with Gasteiger partial charge in [0.05, 0.1) is 0 Å². The molecule has 0 heterocycles. The maximum absolute atomic E-state index is 14.2. The van der Waals surface area contributed by atoms with Crippen LogP contribution < -0.4 is 31.9 Å². The second kappa shape index (κ2) is 24.6. The quantitative estimate of drug-likeness (QED) is 0.0843. The topological polar surface area (TPSA) is 193 Å². The molecule has 0 saturated carbocycles. The van der Waals surface area contributed by atoms with Crippen molar-refractivity contribution >= 4 is 35.8 Å². The molecule has 0 radical (unpaired) electrons. The van der Waals surface area contributed by atoms with Gasteiger partial charge in [0.15, 0.2) is 0 Å². The monoisotopic (exact) mass is 809 g/mol. The number of ether oxygens (including phenoxy) is 2. The van der Waals surface area contributed by atoms with Gasteiger partial charge < -0.3 is 41.4 Å². The molecule has 0 aliphatic rings. The fourth-order valence-electron chi connectivity index (χ4n) is 5.85. The fourth-order valence-corrected chi connectivity index (χ4v) is 5.85. The van der Waals surface area contributed by atoms with E-state index in [2.05, 4.69) is 31.9 Å². The minimum absolute atomic E-state index is 0.0257. The lowest BCUT2D eigenvalue weighted by Crippen LogP contribution is -2.59. The summed E-state index contributed by atoms with van der Waals surface area (Å²) in [5.74, 6) is -2.12. The third kappa shape index (κ3) is 20.9.